The number of hydrogen-bond acceptors (Lipinski definition) is 4. The molecule has 2 amide bonds. The highest BCUT2D eigenvalue weighted by Crippen LogP contribution is 2.27. The summed E-state index contributed by atoms with van der Waals surface area (Å²) in [4.78, 5) is 24.9. The van der Waals surface area contributed by atoms with Gasteiger partial charge >= 0.3 is 6.09 Å². The molecule has 2 aromatic carbocycles. The van der Waals surface area contributed by atoms with Gasteiger partial charge in [0.1, 0.15) is 18.4 Å². The number of hydrogen-bond donors (Lipinski definition) is 3. The summed E-state index contributed by atoms with van der Waals surface area (Å²) in [5, 5.41) is 15.5. The van der Waals surface area contributed by atoms with E-state index >= 15 is 0 Å². The van der Waals surface area contributed by atoms with Crippen LogP contribution in [0.25, 0.3) is 0 Å². The van der Waals surface area contributed by atoms with E-state index in [-0.39, 0.29) is 18.3 Å². The Balaban J connectivity index is 2.05. The summed E-state index contributed by atoms with van der Waals surface area (Å²) in [6.07, 6.45) is 1.48. The Hall–Kier alpha value is -1.56. The van der Waals surface area contributed by atoms with Crippen molar-refractivity contribution in [3.63, 3.8) is 0 Å². The summed E-state index contributed by atoms with van der Waals surface area (Å²) in [5.74, 6) is -0.0395. The molecule has 0 unspecified atom stereocenters. The monoisotopic (exact) mass is 622 g/mol. The number of amides is 2. The molecule has 6 nitrogen and oxygen atoms in total. The number of aromatic hydroxyl groups is 1. The maximum atomic E-state index is 12.6. The molecule has 8 heteroatoms. The van der Waals surface area contributed by atoms with Crippen LogP contribution in [0.4, 0.5) is 4.79 Å². The molecular weight excluding hydrogens is 598 g/mol. The number of phenols is 1. The van der Waals surface area contributed by atoms with Gasteiger partial charge in [0.15, 0.2) is 0 Å². The molecule has 2 aromatic rings. The number of carbonyl (C=O) groups is 2. The summed E-state index contributed by atoms with van der Waals surface area (Å²) in [5.41, 5.74) is 1.71. The Labute approximate surface area is 198 Å². The SMILES string of the molecule is CCCCNC(=O)[C@H](Cc1cc(I)c(O)c(I)c1)NC(=O)OCc1ccccc1. The van der Waals surface area contributed by atoms with Gasteiger partial charge in [0.2, 0.25) is 5.91 Å². The molecular formula is C21H24I2N2O4. The van der Waals surface area contributed by atoms with Gasteiger partial charge in [-0.2, -0.15) is 0 Å². The number of phenolic OH excluding ortho intramolecular Hbond substituents is 1. The van der Waals surface area contributed by atoms with E-state index < -0.39 is 12.1 Å². The third-order valence-corrected chi connectivity index (χ3v) is 5.81. The van der Waals surface area contributed by atoms with Crippen LogP contribution in [0.15, 0.2) is 42.5 Å². The van der Waals surface area contributed by atoms with E-state index in [1.54, 1.807) is 12.1 Å². The van der Waals surface area contributed by atoms with Crippen molar-refractivity contribution in [3.8, 4) is 5.75 Å². The van der Waals surface area contributed by atoms with Crippen molar-refractivity contribution in [2.75, 3.05) is 6.54 Å². The molecule has 1 atom stereocenters. The molecule has 0 saturated heterocycles. The van der Waals surface area contributed by atoms with Crippen LogP contribution in [0.2, 0.25) is 0 Å². The van der Waals surface area contributed by atoms with E-state index in [1.165, 1.54) is 0 Å². The van der Waals surface area contributed by atoms with E-state index in [4.69, 9.17) is 4.74 Å². The lowest BCUT2D eigenvalue weighted by Gasteiger charge is -2.19. The quantitative estimate of drug-likeness (QED) is 0.287. The summed E-state index contributed by atoms with van der Waals surface area (Å²) in [7, 11) is 0. The first-order valence-corrected chi connectivity index (χ1v) is 11.5. The second-order valence-electron chi connectivity index (χ2n) is 6.52. The number of halogens is 2. The minimum atomic E-state index is -0.772. The highest BCUT2D eigenvalue weighted by atomic mass is 127. The minimum Gasteiger partial charge on any atom is -0.506 e. The van der Waals surface area contributed by atoms with Gasteiger partial charge in [0.05, 0.1) is 7.14 Å². The van der Waals surface area contributed by atoms with Crippen LogP contribution in [-0.4, -0.2) is 29.7 Å². The molecule has 0 radical (unpaired) electrons. The van der Waals surface area contributed by atoms with Gasteiger partial charge in [-0.15, -0.1) is 0 Å². The molecule has 0 aliphatic carbocycles. The van der Waals surface area contributed by atoms with Crippen molar-refractivity contribution < 1.29 is 19.4 Å². The second-order valence-corrected chi connectivity index (χ2v) is 8.84. The molecule has 0 saturated carbocycles. The third kappa shape index (κ3) is 8.00. The zero-order valence-electron chi connectivity index (χ0n) is 16.1. The Morgan fingerprint density at radius 2 is 1.76 bits per heavy atom. The lowest BCUT2D eigenvalue weighted by molar-refractivity contribution is -0.123. The average molecular weight is 622 g/mol. The van der Waals surface area contributed by atoms with Crippen molar-refractivity contribution >= 4 is 57.2 Å². The van der Waals surface area contributed by atoms with Gasteiger partial charge in [0, 0.05) is 13.0 Å². The Bertz CT molecular complexity index is 808. The fourth-order valence-electron chi connectivity index (χ4n) is 2.60. The predicted molar refractivity (Wildman–Crippen MR) is 129 cm³/mol. The third-order valence-electron chi connectivity index (χ3n) is 4.17. The highest BCUT2D eigenvalue weighted by molar-refractivity contribution is 14.1. The van der Waals surface area contributed by atoms with Gasteiger partial charge in [0.25, 0.3) is 0 Å². The lowest BCUT2D eigenvalue weighted by atomic mass is 10.1. The lowest BCUT2D eigenvalue weighted by Crippen LogP contribution is -2.48. The predicted octanol–water partition coefficient (Wildman–Crippen LogP) is 4.36. The number of nitrogens with one attached hydrogen (secondary N) is 2. The van der Waals surface area contributed by atoms with E-state index in [2.05, 4.69) is 10.6 Å². The molecule has 0 aromatic heterocycles. The molecule has 2 rings (SSSR count). The molecule has 0 aliphatic rings. The van der Waals surface area contributed by atoms with Crippen molar-refractivity contribution in [2.24, 2.45) is 0 Å². The van der Waals surface area contributed by atoms with Crippen LogP contribution in [0.3, 0.4) is 0 Å². The Morgan fingerprint density at radius 3 is 2.38 bits per heavy atom. The number of alkyl carbamates (subject to hydrolysis) is 1. The maximum absolute atomic E-state index is 12.6. The van der Waals surface area contributed by atoms with Crippen LogP contribution in [0.1, 0.15) is 30.9 Å². The fraction of sp³-hybridized carbons (Fsp3) is 0.333. The summed E-state index contributed by atoms with van der Waals surface area (Å²) >= 11 is 4.09. The average Bonchev–Trinajstić information content (AvgIpc) is 2.71. The zero-order chi connectivity index (χ0) is 21.2. The molecule has 0 fully saturated rings. The molecule has 0 spiro atoms. The van der Waals surface area contributed by atoms with Crippen LogP contribution in [0.5, 0.6) is 5.75 Å². The van der Waals surface area contributed by atoms with E-state index in [1.807, 2.05) is 82.4 Å². The normalized spacial score (nSPS) is 11.6. The first kappa shape index (κ1) is 23.7. The molecule has 0 aliphatic heterocycles. The highest BCUT2D eigenvalue weighted by Gasteiger charge is 2.22. The van der Waals surface area contributed by atoms with Crippen LogP contribution in [0, 0.1) is 7.14 Å². The van der Waals surface area contributed by atoms with Crippen LogP contribution >= 0.6 is 45.2 Å². The van der Waals surface area contributed by atoms with E-state index in [0.717, 1.165) is 24.0 Å². The Morgan fingerprint density at radius 1 is 1.10 bits per heavy atom. The number of benzene rings is 2. The van der Waals surface area contributed by atoms with Gasteiger partial charge in [-0.25, -0.2) is 4.79 Å². The van der Waals surface area contributed by atoms with E-state index in [9.17, 15) is 14.7 Å². The van der Waals surface area contributed by atoms with Crippen molar-refractivity contribution in [1.82, 2.24) is 10.6 Å². The Kier molecular flexibility index (Phi) is 9.98. The zero-order valence-corrected chi connectivity index (χ0v) is 20.4. The fourth-order valence-corrected chi connectivity index (χ4v) is 4.50. The van der Waals surface area contributed by atoms with Crippen molar-refractivity contribution in [1.29, 1.82) is 0 Å². The smallest absolute Gasteiger partial charge is 0.408 e. The van der Waals surface area contributed by atoms with Crippen LogP contribution in [-0.2, 0) is 22.6 Å². The topological polar surface area (TPSA) is 87.7 Å². The standard InChI is InChI=1S/C21H24I2N2O4/c1-2-3-9-24-20(27)18(12-15-10-16(22)19(26)17(23)11-15)25-21(28)29-13-14-7-5-4-6-8-14/h4-8,10-11,18,26H,2-3,9,12-13H2,1H3,(H,24,27)(H,25,28)/t18-/m0/s1. The second kappa shape index (κ2) is 12.2. The molecule has 0 heterocycles. The van der Waals surface area contributed by atoms with Crippen molar-refractivity contribution in [3.05, 3.63) is 60.7 Å². The summed E-state index contributed by atoms with van der Waals surface area (Å²) < 4.78 is 6.66. The summed E-state index contributed by atoms with van der Waals surface area (Å²) in [6, 6.07) is 12.2. The largest absolute Gasteiger partial charge is 0.506 e. The number of ether oxygens (including phenoxy) is 1. The summed E-state index contributed by atoms with van der Waals surface area (Å²) in [6.45, 7) is 2.73. The molecule has 29 heavy (non-hydrogen) atoms. The number of rotatable bonds is 9. The van der Waals surface area contributed by atoms with Crippen LogP contribution < -0.4 is 10.6 Å². The van der Waals surface area contributed by atoms with Crippen molar-refractivity contribution in [2.45, 2.75) is 38.8 Å². The van der Waals surface area contributed by atoms with Gasteiger partial charge in [-0.05, 0) is 74.9 Å². The van der Waals surface area contributed by atoms with Gasteiger partial charge in [-0.3, -0.25) is 4.79 Å². The molecule has 3 N–H and O–H groups in total. The van der Waals surface area contributed by atoms with Gasteiger partial charge in [-0.1, -0.05) is 43.7 Å². The van der Waals surface area contributed by atoms with E-state index in [0.29, 0.717) is 20.1 Å². The first-order valence-electron chi connectivity index (χ1n) is 9.32. The molecule has 0 bridgehead atoms. The number of unbranched alkanes of at least 4 members (excludes halogenated alkanes) is 1. The van der Waals surface area contributed by atoms with Gasteiger partial charge < -0.3 is 20.5 Å². The maximum Gasteiger partial charge on any atom is 0.408 e. The molecule has 156 valence electrons. The first-order chi connectivity index (χ1) is 13.9. The minimum absolute atomic E-state index is 0.131. The number of carbonyl (C=O) groups excluding carboxylic acids is 2.